The van der Waals surface area contributed by atoms with Gasteiger partial charge in [0.15, 0.2) is 0 Å². The van der Waals surface area contributed by atoms with Gasteiger partial charge in [-0.3, -0.25) is 9.59 Å². The van der Waals surface area contributed by atoms with Crippen LogP contribution in [-0.4, -0.2) is 32.8 Å². The van der Waals surface area contributed by atoms with Gasteiger partial charge in [-0.1, -0.05) is 12.1 Å². The Bertz CT molecular complexity index is 859. The molecule has 146 valence electrons. The van der Waals surface area contributed by atoms with Gasteiger partial charge in [0.25, 0.3) is 0 Å². The first-order chi connectivity index (χ1) is 12.8. The average Bonchev–Trinajstić information content (AvgIpc) is 3.12. The third-order valence-corrected chi connectivity index (χ3v) is 5.21. The predicted molar refractivity (Wildman–Crippen MR) is 99.2 cm³/mol. The Hall–Kier alpha value is -2.65. The van der Waals surface area contributed by atoms with Gasteiger partial charge in [0, 0.05) is 12.6 Å². The first kappa shape index (κ1) is 20.7. The maximum absolute atomic E-state index is 12.1. The zero-order valence-electron chi connectivity index (χ0n) is 15.2. The van der Waals surface area contributed by atoms with Crippen molar-refractivity contribution in [2.24, 2.45) is 0 Å². The molecule has 1 aromatic heterocycles. The summed E-state index contributed by atoms with van der Waals surface area (Å²) in [6.45, 7) is 3.89. The number of carbonyl (C=O) groups is 2. The summed E-state index contributed by atoms with van der Waals surface area (Å²) in [6.07, 6.45) is 1.95. The van der Waals surface area contributed by atoms with Crippen LogP contribution in [0.15, 0.2) is 52.0 Å². The molecule has 0 aliphatic heterocycles. The molecule has 0 saturated carbocycles. The van der Waals surface area contributed by atoms with E-state index in [0.717, 1.165) is 5.56 Å². The van der Waals surface area contributed by atoms with Crippen LogP contribution in [0.1, 0.15) is 25.2 Å². The van der Waals surface area contributed by atoms with E-state index in [1.54, 1.807) is 38.1 Å². The first-order valence-electron chi connectivity index (χ1n) is 8.47. The molecule has 2 aromatic rings. The fraction of sp³-hybridized carbons (Fsp3) is 0.333. The van der Waals surface area contributed by atoms with Crippen molar-refractivity contribution >= 4 is 21.8 Å². The van der Waals surface area contributed by atoms with Gasteiger partial charge in [0.05, 0.1) is 17.7 Å². The molecule has 0 radical (unpaired) electrons. The van der Waals surface area contributed by atoms with E-state index < -0.39 is 21.8 Å². The zero-order chi connectivity index (χ0) is 19.9. The van der Waals surface area contributed by atoms with Gasteiger partial charge in [-0.2, -0.15) is 0 Å². The van der Waals surface area contributed by atoms with Crippen molar-refractivity contribution in [2.45, 2.75) is 37.8 Å². The fourth-order valence-corrected chi connectivity index (χ4v) is 3.53. The Morgan fingerprint density at radius 1 is 1.04 bits per heavy atom. The van der Waals surface area contributed by atoms with Crippen molar-refractivity contribution in [2.75, 3.05) is 6.54 Å². The number of hydrogen-bond donors (Lipinski definition) is 3. The van der Waals surface area contributed by atoms with E-state index in [4.69, 9.17) is 4.42 Å². The van der Waals surface area contributed by atoms with Crippen LogP contribution < -0.4 is 15.4 Å². The molecule has 0 saturated heterocycles. The highest BCUT2D eigenvalue weighted by Crippen LogP contribution is 2.11. The highest BCUT2D eigenvalue weighted by atomic mass is 32.2. The second-order valence-corrected chi connectivity index (χ2v) is 7.90. The number of carbonyl (C=O) groups excluding carboxylic acids is 2. The SMILES string of the molecule is CC(C)NS(=O)(=O)c1ccc(CCNC(=O)C(=O)NCc2ccco2)cc1. The lowest BCUT2D eigenvalue weighted by Gasteiger charge is -2.10. The quantitative estimate of drug-likeness (QED) is 0.577. The Labute approximate surface area is 158 Å². The summed E-state index contributed by atoms with van der Waals surface area (Å²) in [5.74, 6) is -0.923. The Kier molecular flexibility index (Phi) is 7.14. The summed E-state index contributed by atoms with van der Waals surface area (Å²) < 4.78 is 31.7. The van der Waals surface area contributed by atoms with Crippen molar-refractivity contribution in [3.63, 3.8) is 0 Å². The normalized spacial score (nSPS) is 11.4. The third kappa shape index (κ3) is 6.54. The number of benzene rings is 1. The standard InChI is InChI=1S/C18H23N3O5S/c1-13(2)21-27(24,25)16-7-5-14(6-8-16)9-10-19-17(22)18(23)20-12-15-4-3-11-26-15/h3-8,11,13,21H,9-10,12H2,1-2H3,(H,19,22)(H,20,23). The molecule has 9 heteroatoms. The van der Waals surface area contributed by atoms with Crippen LogP contribution in [0.2, 0.25) is 0 Å². The molecular formula is C18H23N3O5S. The van der Waals surface area contributed by atoms with E-state index in [9.17, 15) is 18.0 Å². The smallest absolute Gasteiger partial charge is 0.309 e. The second-order valence-electron chi connectivity index (χ2n) is 6.19. The lowest BCUT2D eigenvalue weighted by Crippen LogP contribution is -2.40. The molecule has 0 aliphatic carbocycles. The van der Waals surface area contributed by atoms with Crippen LogP contribution in [0, 0.1) is 0 Å². The summed E-state index contributed by atoms with van der Waals surface area (Å²) in [5.41, 5.74) is 0.842. The molecule has 0 fully saturated rings. The van der Waals surface area contributed by atoms with E-state index in [1.807, 2.05) is 0 Å². The molecule has 2 amide bonds. The molecule has 0 aliphatic rings. The Morgan fingerprint density at radius 3 is 2.30 bits per heavy atom. The Balaban J connectivity index is 1.77. The largest absolute Gasteiger partial charge is 0.467 e. The van der Waals surface area contributed by atoms with Crippen molar-refractivity contribution in [3.05, 3.63) is 54.0 Å². The van der Waals surface area contributed by atoms with Crippen molar-refractivity contribution in [3.8, 4) is 0 Å². The summed E-state index contributed by atoms with van der Waals surface area (Å²) in [5, 5.41) is 4.97. The molecule has 2 rings (SSSR count). The molecule has 27 heavy (non-hydrogen) atoms. The zero-order valence-corrected chi connectivity index (χ0v) is 16.0. The van der Waals surface area contributed by atoms with Gasteiger partial charge in [-0.25, -0.2) is 13.1 Å². The molecule has 1 heterocycles. The molecule has 1 aromatic carbocycles. The molecule has 3 N–H and O–H groups in total. The highest BCUT2D eigenvalue weighted by Gasteiger charge is 2.15. The predicted octanol–water partition coefficient (Wildman–Crippen LogP) is 0.941. The van der Waals surface area contributed by atoms with Crippen molar-refractivity contribution in [1.29, 1.82) is 0 Å². The fourth-order valence-electron chi connectivity index (χ4n) is 2.28. The molecular weight excluding hydrogens is 370 g/mol. The van der Waals surface area contributed by atoms with Gasteiger partial charge >= 0.3 is 11.8 Å². The van der Waals surface area contributed by atoms with E-state index in [1.165, 1.54) is 18.4 Å². The number of hydrogen-bond acceptors (Lipinski definition) is 5. The third-order valence-electron chi connectivity index (χ3n) is 3.53. The monoisotopic (exact) mass is 393 g/mol. The van der Waals surface area contributed by atoms with Crippen molar-refractivity contribution in [1.82, 2.24) is 15.4 Å². The van der Waals surface area contributed by atoms with Gasteiger partial charge in [0.1, 0.15) is 5.76 Å². The lowest BCUT2D eigenvalue weighted by molar-refractivity contribution is -0.139. The maximum Gasteiger partial charge on any atom is 0.309 e. The number of sulfonamides is 1. The van der Waals surface area contributed by atoms with Crippen LogP contribution in [0.5, 0.6) is 0 Å². The van der Waals surface area contributed by atoms with Crippen LogP contribution in [0.25, 0.3) is 0 Å². The molecule has 0 unspecified atom stereocenters. The number of rotatable bonds is 8. The van der Waals surface area contributed by atoms with Gasteiger partial charge < -0.3 is 15.1 Å². The number of amides is 2. The van der Waals surface area contributed by atoms with Gasteiger partial charge in [0.2, 0.25) is 10.0 Å². The van der Waals surface area contributed by atoms with E-state index in [2.05, 4.69) is 15.4 Å². The summed E-state index contributed by atoms with van der Waals surface area (Å²) in [6, 6.07) is 9.57. The highest BCUT2D eigenvalue weighted by molar-refractivity contribution is 7.89. The van der Waals surface area contributed by atoms with E-state index in [-0.39, 0.29) is 24.0 Å². The topological polar surface area (TPSA) is 118 Å². The van der Waals surface area contributed by atoms with Crippen LogP contribution in [0.4, 0.5) is 0 Å². The molecule has 0 spiro atoms. The molecule has 0 atom stereocenters. The summed E-state index contributed by atoms with van der Waals surface area (Å²) in [7, 11) is -3.53. The summed E-state index contributed by atoms with van der Waals surface area (Å²) >= 11 is 0. The van der Waals surface area contributed by atoms with E-state index >= 15 is 0 Å². The number of nitrogens with one attached hydrogen (secondary N) is 3. The first-order valence-corrected chi connectivity index (χ1v) is 9.96. The number of furan rings is 1. The van der Waals surface area contributed by atoms with Crippen LogP contribution in [0.3, 0.4) is 0 Å². The molecule has 0 bridgehead atoms. The minimum Gasteiger partial charge on any atom is -0.467 e. The maximum atomic E-state index is 12.1. The summed E-state index contributed by atoms with van der Waals surface area (Å²) in [4.78, 5) is 23.6. The van der Waals surface area contributed by atoms with Gasteiger partial charge in [-0.15, -0.1) is 0 Å². The van der Waals surface area contributed by atoms with Crippen molar-refractivity contribution < 1.29 is 22.4 Å². The average molecular weight is 393 g/mol. The lowest BCUT2D eigenvalue weighted by atomic mass is 10.1. The minimum atomic E-state index is -3.53. The van der Waals surface area contributed by atoms with Gasteiger partial charge in [-0.05, 0) is 50.1 Å². The Morgan fingerprint density at radius 2 is 1.70 bits per heavy atom. The van der Waals surface area contributed by atoms with Crippen LogP contribution in [-0.2, 0) is 32.6 Å². The van der Waals surface area contributed by atoms with Crippen LogP contribution >= 0.6 is 0 Å². The van der Waals surface area contributed by atoms with E-state index in [0.29, 0.717) is 12.2 Å². The minimum absolute atomic E-state index is 0.138. The second kappa shape index (κ2) is 9.33. The molecule has 8 nitrogen and oxygen atoms in total.